The van der Waals surface area contributed by atoms with Gasteiger partial charge in [0.1, 0.15) is 5.82 Å². The van der Waals surface area contributed by atoms with E-state index in [1.54, 1.807) is 6.20 Å². The highest BCUT2D eigenvalue weighted by Crippen LogP contribution is 2.24. The van der Waals surface area contributed by atoms with Gasteiger partial charge in [-0.15, -0.1) is 0 Å². The van der Waals surface area contributed by atoms with E-state index in [9.17, 15) is 0 Å². The summed E-state index contributed by atoms with van der Waals surface area (Å²) in [4.78, 5) is 14.8. The Morgan fingerprint density at radius 3 is 2.79 bits per heavy atom. The van der Waals surface area contributed by atoms with Gasteiger partial charge in [0.15, 0.2) is 0 Å². The van der Waals surface area contributed by atoms with Crippen LogP contribution in [0.3, 0.4) is 0 Å². The Labute approximate surface area is 121 Å². The molecule has 0 aliphatic carbocycles. The SMILES string of the molecule is CCN(Cc1cccc(C)n1)c1nc(N)ncc1Br. The van der Waals surface area contributed by atoms with Gasteiger partial charge >= 0.3 is 0 Å². The quantitative estimate of drug-likeness (QED) is 0.937. The highest BCUT2D eigenvalue weighted by atomic mass is 79.9. The summed E-state index contributed by atoms with van der Waals surface area (Å²) < 4.78 is 0.830. The molecule has 0 atom stereocenters. The Morgan fingerprint density at radius 1 is 1.32 bits per heavy atom. The van der Waals surface area contributed by atoms with E-state index < -0.39 is 0 Å². The largest absolute Gasteiger partial charge is 0.368 e. The lowest BCUT2D eigenvalue weighted by molar-refractivity contribution is 0.786. The van der Waals surface area contributed by atoms with Crippen LogP contribution in [-0.4, -0.2) is 21.5 Å². The van der Waals surface area contributed by atoms with Crippen molar-refractivity contribution < 1.29 is 0 Å². The fraction of sp³-hybridized carbons (Fsp3) is 0.308. The predicted molar refractivity (Wildman–Crippen MR) is 79.8 cm³/mol. The lowest BCUT2D eigenvalue weighted by atomic mass is 10.3. The van der Waals surface area contributed by atoms with Crippen LogP contribution in [0.15, 0.2) is 28.9 Å². The molecule has 0 aliphatic heterocycles. The van der Waals surface area contributed by atoms with Gasteiger partial charge in [0.2, 0.25) is 5.95 Å². The summed E-state index contributed by atoms with van der Waals surface area (Å²) in [7, 11) is 0. The molecule has 0 aromatic carbocycles. The van der Waals surface area contributed by atoms with Gasteiger partial charge in [0.25, 0.3) is 0 Å². The first-order valence-corrected chi connectivity index (χ1v) is 6.85. The summed E-state index contributed by atoms with van der Waals surface area (Å²) in [5.74, 6) is 1.06. The number of anilines is 2. The standard InChI is InChI=1S/C13H16BrN5/c1-3-19(8-10-6-4-5-9(2)17-10)12-11(14)7-16-13(15)18-12/h4-7H,3,8H2,1-2H3,(H2,15,16,18). The number of nitrogens with two attached hydrogens (primary N) is 1. The number of rotatable bonds is 4. The molecule has 0 spiro atoms. The first kappa shape index (κ1) is 13.7. The van der Waals surface area contributed by atoms with Gasteiger partial charge in [-0.05, 0) is 41.9 Å². The van der Waals surface area contributed by atoms with Crippen molar-refractivity contribution in [3.05, 3.63) is 40.3 Å². The average molecular weight is 322 g/mol. The molecule has 2 heterocycles. The molecule has 0 saturated heterocycles. The lowest BCUT2D eigenvalue weighted by Crippen LogP contribution is -2.24. The van der Waals surface area contributed by atoms with Gasteiger partial charge in [0, 0.05) is 18.4 Å². The van der Waals surface area contributed by atoms with Crippen LogP contribution in [0.25, 0.3) is 0 Å². The fourth-order valence-electron chi connectivity index (χ4n) is 1.81. The van der Waals surface area contributed by atoms with Crippen LogP contribution < -0.4 is 10.6 Å². The Balaban J connectivity index is 2.27. The molecule has 2 N–H and O–H groups in total. The summed E-state index contributed by atoms with van der Waals surface area (Å²) in [5, 5.41) is 0. The molecule has 6 heteroatoms. The van der Waals surface area contributed by atoms with E-state index in [0.717, 1.165) is 28.2 Å². The van der Waals surface area contributed by atoms with Gasteiger partial charge < -0.3 is 10.6 Å². The van der Waals surface area contributed by atoms with Crippen LogP contribution in [0.1, 0.15) is 18.3 Å². The Hall–Kier alpha value is -1.69. The first-order valence-electron chi connectivity index (χ1n) is 6.05. The Kier molecular flexibility index (Phi) is 4.31. The lowest BCUT2D eigenvalue weighted by Gasteiger charge is -2.22. The van der Waals surface area contributed by atoms with Crippen LogP contribution >= 0.6 is 15.9 Å². The van der Waals surface area contributed by atoms with E-state index in [-0.39, 0.29) is 5.95 Å². The summed E-state index contributed by atoms with van der Waals surface area (Å²) in [6.07, 6.45) is 1.67. The molecule has 0 aliphatic rings. The number of pyridine rings is 1. The number of hydrogen-bond donors (Lipinski definition) is 1. The zero-order valence-electron chi connectivity index (χ0n) is 11.0. The van der Waals surface area contributed by atoms with E-state index in [4.69, 9.17) is 5.73 Å². The number of hydrogen-bond acceptors (Lipinski definition) is 5. The molecule has 0 bridgehead atoms. The normalized spacial score (nSPS) is 10.5. The van der Waals surface area contributed by atoms with Gasteiger partial charge in [-0.1, -0.05) is 6.07 Å². The van der Waals surface area contributed by atoms with Crippen molar-refractivity contribution in [3.63, 3.8) is 0 Å². The zero-order chi connectivity index (χ0) is 13.8. The van der Waals surface area contributed by atoms with E-state index >= 15 is 0 Å². The molecule has 2 aromatic rings. The van der Waals surface area contributed by atoms with E-state index in [1.165, 1.54) is 0 Å². The Morgan fingerprint density at radius 2 is 2.11 bits per heavy atom. The van der Waals surface area contributed by atoms with Crippen molar-refractivity contribution in [2.45, 2.75) is 20.4 Å². The highest BCUT2D eigenvalue weighted by molar-refractivity contribution is 9.10. The van der Waals surface area contributed by atoms with Crippen molar-refractivity contribution in [1.82, 2.24) is 15.0 Å². The smallest absolute Gasteiger partial charge is 0.222 e. The summed E-state index contributed by atoms with van der Waals surface area (Å²) >= 11 is 3.46. The van der Waals surface area contributed by atoms with Crippen molar-refractivity contribution in [1.29, 1.82) is 0 Å². The molecule has 19 heavy (non-hydrogen) atoms. The monoisotopic (exact) mass is 321 g/mol. The molecule has 100 valence electrons. The molecular formula is C13H16BrN5. The predicted octanol–water partition coefficient (Wildman–Crippen LogP) is 2.55. The summed E-state index contributed by atoms with van der Waals surface area (Å²) in [6, 6.07) is 6.00. The molecule has 0 radical (unpaired) electrons. The van der Waals surface area contributed by atoms with Gasteiger partial charge in [-0.25, -0.2) is 4.98 Å². The minimum Gasteiger partial charge on any atom is -0.368 e. The average Bonchev–Trinajstić information content (AvgIpc) is 2.39. The molecule has 0 unspecified atom stereocenters. The van der Waals surface area contributed by atoms with Crippen LogP contribution in [0.2, 0.25) is 0 Å². The summed E-state index contributed by atoms with van der Waals surface area (Å²) in [6.45, 7) is 5.55. The van der Waals surface area contributed by atoms with Crippen molar-refractivity contribution in [3.8, 4) is 0 Å². The molecule has 0 amide bonds. The van der Waals surface area contributed by atoms with Crippen LogP contribution in [0.4, 0.5) is 11.8 Å². The second-order valence-electron chi connectivity index (χ2n) is 4.18. The summed E-state index contributed by atoms with van der Waals surface area (Å²) in [5.41, 5.74) is 7.67. The second-order valence-corrected chi connectivity index (χ2v) is 5.04. The van der Waals surface area contributed by atoms with Gasteiger partial charge in [0.05, 0.1) is 16.7 Å². The molecule has 0 saturated carbocycles. The highest BCUT2D eigenvalue weighted by Gasteiger charge is 2.12. The van der Waals surface area contributed by atoms with Crippen LogP contribution in [-0.2, 0) is 6.54 Å². The number of halogens is 1. The number of nitrogen functional groups attached to an aromatic ring is 1. The third-order valence-electron chi connectivity index (χ3n) is 2.72. The van der Waals surface area contributed by atoms with E-state index in [1.807, 2.05) is 25.1 Å². The third kappa shape index (κ3) is 3.41. The minimum atomic E-state index is 0.272. The van der Waals surface area contributed by atoms with E-state index in [0.29, 0.717) is 6.54 Å². The number of aromatic nitrogens is 3. The van der Waals surface area contributed by atoms with Gasteiger partial charge in [-0.3, -0.25) is 4.98 Å². The minimum absolute atomic E-state index is 0.272. The van der Waals surface area contributed by atoms with Crippen molar-refractivity contribution in [2.24, 2.45) is 0 Å². The fourth-order valence-corrected chi connectivity index (χ4v) is 2.25. The molecule has 2 rings (SSSR count). The first-order chi connectivity index (χ1) is 9.10. The second kappa shape index (κ2) is 5.97. The van der Waals surface area contributed by atoms with Gasteiger partial charge in [-0.2, -0.15) is 4.98 Å². The molecule has 5 nitrogen and oxygen atoms in total. The zero-order valence-corrected chi connectivity index (χ0v) is 12.6. The van der Waals surface area contributed by atoms with Crippen molar-refractivity contribution >= 4 is 27.7 Å². The van der Waals surface area contributed by atoms with E-state index in [2.05, 4.69) is 42.7 Å². The van der Waals surface area contributed by atoms with Crippen LogP contribution in [0, 0.1) is 6.92 Å². The molecular weight excluding hydrogens is 306 g/mol. The molecule has 2 aromatic heterocycles. The number of nitrogens with zero attached hydrogens (tertiary/aromatic N) is 4. The molecule has 0 fully saturated rings. The Bertz CT molecular complexity index is 573. The number of aryl methyl sites for hydroxylation is 1. The maximum absolute atomic E-state index is 5.65. The third-order valence-corrected chi connectivity index (χ3v) is 3.28. The van der Waals surface area contributed by atoms with Crippen LogP contribution in [0.5, 0.6) is 0 Å². The maximum atomic E-state index is 5.65. The van der Waals surface area contributed by atoms with Crippen molar-refractivity contribution in [2.75, 3.05) is 17.2 Å². The maximum Gasteiger partial charge on any atom is 0.222 e. The topological polar surface area (TPSA) is 67.9 Å².